The Labute approximate surface area is 82.1 Å². The zero-order valence-electron chi connectivity index (χ0n) is 8.76. The normalized spacial score (nSPS) is 52.8. The summed E-state index contributed by atoms with van der Waals surface area (Å²) in [5.41, 5.74) is 0.737. The Hall–Kier alpha value is 0. The highest BCUT2D eigenvalue weighted by Crippen LogP contribution is 2.66. The van der Waals surface area contributed by atoms with Gasteiger partial charge >= 0.3 is 0 Å². The molecule has 0 saturated heterocycles. The highest BCUT2D eigenvalue weighted by Gasteiger charge is 2.57. The first-order valence-corrected chi connectivity index (χ1v) is 6.20. The van der Waals surface area contributed by atoms with Crippen molar-refractivity contribution in [3.8, 4) is 0 Å². The molecule has 4 atom stereocenters. The van der Waals surface area contributed by atoms with E-state index in [1.54, 1.807) is 25.7 Å². The smallest absolute Gasteiger partial charge is 0.0233 e. The van der Waals surface area contributed by atoms with Crippen LogP contribution < -0.4 is 0 Å². The van der Waals surface area contributed by atoms with E-state index in [9.17, 15) is 0 Å². The summed E-state index contributed by atoms with van der Waals surface area (Å²) >= 11 is 0. The first-order chi connectivity index (χ1) is 6.36. The molecule has 73 valence electrons. The van der Waals surface area contributed by atoms with Gasteiger partial charge in [0.25, 0.3) is 0 Å². The van der Waals surface area contributed by atoms with E-state index in [1.807, 2.05) is 0 Å². The third-order valence-corrected chi connectivity index (χ3v) is 5.15. The maximum atomic E-state index is 2.68. The number of hydrogen-bond acceptors (Lipinski definition) is 0. The van der Waals surface area contributed by atoms with E-state index in [4.69, 9.17) is 0 Å². The van der Waals surface area contributed by atoms with E-state index in [2.05, 4.69) is 13.3 Å². The Kier molecular flexibility index (Phi) is 1.76. The van der Waals surface area contributed by atoms with Gasteiger partial charge < -0.3 is 0 Å². The highest BCUT2D eigenvalue weighted by molar-refractivity contribution is 5.12. The van der Waals surface area contributed by atoms with Crippen molar-refractivity contribution in [1.82, 2.24) is 0 Å². The molecule has 4 unspecified atom stereocenters. The summed E-state index contributed by atoms with van der Waals surface area (Å²) in [7, 11) is 0. The average Bonchev–Trinajstić information content (AvgIpc) is 2.73. The van der Waals surface area contributed by atoms with Crippen molar-refractivity contribution in [2.45, 2.75) is 51.9 Å². The van der Waals surface area contributed by atoms with Crippen LogP contribution in [0.1, 0.15) is 51.9 Å². The SMILES string of the molecule is CC[CH]C12CCC(C1)C1CCCC12. The van der Waals surface area contributed by atoms with Gasteiger partial charge in [-0.15, -0.1) is 0 Å². The van der Waals surface area contributed by atoms with Crippen LogP contribution in [-0.2, 0) is 0 Å². The van der Waals surface area contributed by atoms with Crippen LogP contribution in [0, 0.1) is 29.6 Å². The summed E-state index contributed by atoms with van der Waals surface area (Å²) in [6.45, 7) is 2.32. The van der Waals surface area contributed by atoms with Crippen LogP contribution >= 0.6 is 0 Å². The first kappa shape index (κ1) is 8.32. The Morgan fingerprint density at radius 1 is 1.31 bits per heavy atom. The van der Waals surface area contributed by atoms with Crippen LogP contribution in [-0.4, -0.2) is 0 Å². The monoisotopic (exact) mass is 177 g/mol. The molecule has 0 heterocycles. The predicted molar refractivity (Wildman–Crippen MR) is 55.2 cm³/mol. The lowest BCUT2D eigenvalue weighted by Gasteiger charge is -2.35. The summed E-state index contributed by atoms with van der Waals surface area (Å²) in [6, 6.07) is 0. The van der Waals surface area contributed by atoms with Crippen LogP contribution in [0.4, 0.5) is 0 Å². The molecule has 13 heavy (non-hydrogen) atoms. The van der Waals surface area contributed by atoms with E-state index >= 15 is 0 Å². The van der Waals surface area contributed by atoms with E-state index in [-0.39, 0.29) is 0 Å². The maximum absolute atomic E-state index is 2.68. The molecule has 0 spiro atoms. The Morgan fingerprint density at radius 3 is 3.08 bits per heavy atom. The first-order valence-electron chi connectivity index (χ1n) is 6.20. The van der Waals surface area contributed by atoms with Gasteiger partial charge in [-0.05, 0) is 61.7 Å². The molecule has 3 aliphatic carbocycles. The highest BCUT2D eigenvalue weighted by atomic mass is 14.6. The lowest BCUT2D eigenvalue weighted by molar-refractivity contribution is 0.183. The van der Waals surface area contributed by atoms with E-state index in [1.165, 1.54) is 19.3 Å². The fourth-order valence-corrected chi connectivity index (χ4v) is 4.86. The fourth-order valence-electron chi connectivity index (χ4n) is 4.86. The van der Waals surface area contributed by atoms with Crippen molar-refractivity contribution in [2.24, 2.45) is 23.2 Å². The minimum Gasteiger partial charge on any atom is -0.0651 e. The molecular weight excluding hydrogens is 156 g/mol. The number of hydrogen-bond donors (Lipinski definition) is 0. The molecule has 0 amide bonds. The molecular formula is C13H21. The second-order valence-electron chi connectivity index (χ2n) is 5.55. The molecule has 0 aromatic rings. The molecule has 1 radical (unpaired) electrons. The van der Waals surface area contributed by atoms with Crippen LogP contribution in [0.25, 0.3) is 0 Å². The predicted octanol–water partition coefficient (Wildman–Crippen LogP) is 3.82. The zero-order chi connectivity index (χ0) is 8.89. The van der Waals surface area contributed by atoms with Gasteiger partial charge in [0.2, 0.25) is 0 Å². The van der Waals surface area contributed by atoms with Crippen LogP contribution in [0.3, 0.4) is 0 Å². The summed E-state index contributed by atoms with van der Waals surface area (Å²) in [5, 5.41) is 0. The van der Waals surface area contributed by atoms with Gasteiger partial charge in [0.15, 0.2) is 0 Å². The minimum absolute atomic E-state index is 0.737. The minimum atomic E-state index is 0.737. The summed E-state index contributed by atoms with van der Waals surface area (Å²) in [6.07, 6.45) is 13.3. The van der Waals surface area contributed by atoms with Gasteiger partial charge in [-0.3, -0.25) is 0 Å². The Balaban J connectivity index is 1.87. The van der Waals surface area contributed by atoms with Gasteiger partial charge in [-0.1, -0.05) is 19.8 Å². The van der Waals surface area contributed by atoms with Crippen molar-refractivity contribution in [2.75, 3.05) is 0 Å². The maximum Gasteiger partial charge on any atom is -0.0233 e. The molecule has 3 fully saturated rings. The lowest BCUT2D eigenvalue weighted by Crippen LogP contribution is -2.27. The molecule has 0 aliphatic heterocycles. The van der Waals surface area contributed by atoms with Crippen molar-refractivity contribution >= 4 is 0 Å². The van der Waals surface area contributed by atoms with Crippen molar-refractivity contribution in [3.63, 3.8) is 0 Å². The third-order valence-electron chi connectivity index (χ3n) is 5.15. The molecule has 3 rings (SSSR count). The average molecular weight is 177 g/mol. The summed E-state index contributed by atoms with van der Waals surface area (Å²) in [5.74, 6) is 3.40. The number of fused-ring (bicyclic) bond motifs is 5. The van der Waals surface area contributed by atoms with E-state index in [0.29, 0.717) is 0 Å². The zero-order valence-corrected chi connectivity index (χ0v) is 8.76. The molecule has 3 aliphatic rings. The van der Waals surface area contributed by atoms with Gasteiger partial charge in [0.05, 0.1) is 0 Å². The Morgan fingerprint density at radius 2 is 2.23 bits per heavy atom. The van der Waals surface area contributed by atoms with Crippen molar-refractivity contribution < 1.29 is 0 Å². The summed E-state index contributed by atoms with van der Waals surface area (Å²) < 4.78 is 0. The van der Waals surface area contributed by atoms with Crippen LogP contribution in [0.15, 0.2) is 0 Å². The van der Waals surface area contributed by atoms with E-state index in [0.717, 1.165) is 23.2 Å². The fraction of sp³-hybridized carbons (Fsp3) is 0.923. The van der Waals surface area contributed by atoms with Crippen LogP contribution in [0.2, 0.25) is 0 Å². The standard InChI is InChI=1S/C13H21/c1-2-7-13-8-6-10(9-13)11-4-3-5-12(11)13/h7,10-12H,2-6,8-9H2,1H3. The van der Waals surface area contributed by atoms with Gasteiger partial charge in [-0.2, -0.15) is 0 Å². The molecule has 0 heteroatoms. The third kappa shape index (κ3) is 0.980. The quantitative estimate of drug-likeness (QED) is 0.601. The molecule has 0 N–H and O–H groups in total. The van der Waals surface area contributed by atoms with Crippen LogP contribution in [0.5, 0.6) is 0 Å². The van der Waals surface area contributed by atoms with Gasteiger partial charge in [0.1, 0.15) is 0 Å². The van der Waals surface area contributed by atoms with Crippen molar-refractivity contribution in [1.29, 1.82) is 0 Å². The second kappa shape index (κ2) is 2.74. The molecule has 0 aromatic carbocycles. The lowest BCUT2D eigenvalue weighted by atomic mass is 9.69. The van der Waals surface area contributed by atoms with Crippen molar-refractivity contribution in [3.05, 3.63) is 6.42 Å². The second-order valence-corrected chi connectivity index (χ2v) is 5.55. The molecule has 2 bridgehead atoms. The topological polar surface area (TPSA) is 0 Å². The molecule has 0 aromatic heterocycles. The molecule has 3 saturated carbocycles. The molecule has 0 nitrogen and oxygen atoms in total. The van der Waals surface area contributed by atoms with Gasteiger partial charge in [0, 0.05) is 0 Å². The summed E-state index contributed by atoms with van der Waals surface area (Å²) in [4.78, 5) is 0. The largest absolute Gasteiger partial charge is 0.0651 e. The van der Waals surface area contributed by atoms with Gasteiger partial charge in [-0.25, -0.2) is 0 Å². The van der Waals surface area contributed by atoms with E-state index < -0.39 is 0 Å². The Bertz CT molecular complexity index is 208. The number of rotatable bonds is 2.